The van der Waals surface area contributed by atoms with E-state index in [2.05, 4.69) is 16.0 Å². The Morgan fingerprint density at radius 1 is 1.06 bits per heavy atom. The molecule has 1 fully saturated rings. The maximum Gasteiger partial charge on any atom is 0.321 e. The minimum absolute atomic E-state index is 0.0204. The number of urea groups is 1. The fourth-order valence-corrected chi connectivity index (χ4v) is 4.12. The molecule has 2 aromatic carbocycles. The fourth-order valence-electron chi connectivity index (χ4n) is 4.12. The molecule has 1 saturated heterocycles. The summed E-state index contributed by atoms with van der Waals surface area (Å²) >= 11 is 0. The van der Waals surface area contributed by atoms with Crippen molar-refractivity contribution in [3.05, 3.63) is 59.7 Å². The zero-order valence-corrected chi connectivity index (χ0v) is 17.5. The number of rotatable bonds is 6. The van der Waals surface area contributed by atoms with Gasteiger partial charge in [0.1, 0.15) is 0 Å². The second kappa shape index (κ2) is 9.64. The van der Waals surface area contributed by atoms with Gasteiger partial charge in [-0.1, -0.05) is 30.3 Å². The maximum atomic E-state index is 12.3. The molecule has 1 atom stereocenters. The molecule has 0 bridgehead atoms. The summed E-state index contributed by atoms with van der Waals surface area (Å²) in [5, 5.41) is 8.76. The number of carbonyl (C=O) groups excluding carboxylic acids is 3. The van der Waals surface area contributed by atoms with E-state index < -0.39 is 0 Å². The van der Waals surface area contributed by atoms with Crippen LogP contribution in [0.5, 0.6) is 0 Å². The first-order chi connectivity index (χ1) is 15.1. The molecule has 0 radical (unpaired) electrons. The number of likely N-dealkylation sites (tertiary alicyclic amines) is 1. The van der Waals surface area contributed by atoms with E-state index in [1.807, 2.05) is 53.4 Å². The summed E-state index contributed by atoms with van der Waals surface area (Å²) in [5.74, 6) is -0.295. The SMILES string of the molecule is O=C(CCC1Cc2ccccc2NC1=O)NCc1cccc(NC(=O)N2CCCC2)c1. The Bertz CT molecular complexity index is 969. The van der Waals surface area contributed by atoms with Crippen molar-refractivity contribution >= 4 is 29.2 Å². The minimum atomic E-state index is -0.190. The highest BCUT2D eigenvalue weighted by molar-refractivity contribution is 5.96. The molecule has 4 amide bonds. The Kier molecular flexibility index (Phi) is 6.50. The molecule has 2 heterocycles. The van der Waals surface area contributed by atoms with E-state index in [9.17, 15) is 14.4 Å². The van der Waals surface area contributed by atoms with E-state index in [1.54, 1.807) is 0 Å². The van der Waals surface area contributed by atoms with E-state index in [-0.39, 0.29) is 23.8 Å². The highest BCUT2D eigenvalue weighted by atomic mass is 16.2. The predicted octanol–water partition coefficient (Wildman–Crippen LogP) is 3.52. The van der Waals surface area contributed by atoms with Gasteiger partial charge in [0.25, 0.3) is 0 Å². The van der Waals surface area contributed by atoms with Crippen molar-refractivity contribution in [2.75, 3.05) is 23.7 Å². The van der Waals surface area contributed by atoms with Crippen molar-refractivity contribution in [3.8, 4) is 0 Å². The molecule has 7 heteroatoms. The zero-order valence-electron chi connectivity index (χ0n) is 17.5. The van der Waals surface area contributed by atoms with Crippen LogP contribution in [0.1, 0.15) is 36.8 Å². The monoisotopic (exact) mass is 420 g/mol. The van der Waals surface area contributed by atoms with E-state index in [1.165, 1.54) is 0 Å². The van der Waals surface area contributed by atoms with Crippen LogP contribution in [0, 0.1) is 5.92 Å². The molecule has 4 rings (SSSR count). The molecule has 3 N–H and O–H groups in total. The topological polar surface area (TPSA) is 90.5 Å². The molecule has 2 aliphatic rings. The zero-order chi connectivity index (χ0) is 21.6. The summed E-state index contributed by atoms with van der Waals surface area (Å²) < 4.78 is 0. The van der Waals surface area contributed by atoms with E-state index in [0.29, 0.717) is 25.8 Å². The van der Waals surface area contributed by atoms with Crippen LogP contribution >= 0.6 is 0 Å². The van der Waals surface area contributed by atoms with E-state index >= 15 is 0 Å². The largest absolute Gasteiger partial charge is 0.352 e. The Morgan fingerprint density at radius 3 is 2.71 bits per heavy atom. The Labute approximate surface area is 182 Å². The third kappa shape index (κ3) is 5.42. The highest BCUT2D eigenvalue weighted by Gasteiger charge is 2.26. The number of nitrogens with zero attached hydrogens (tertiary/aromatic N) is 1. The van der Waals surface area contributed by atoms with Gasteiger partial charge in [-0.05, 0) is 55.0 Å². The van der Waals surface area contributed by atoms with Crippen LogP contribution in [-0.4, -0.2) is 35.8 Å². The Balaban J connectivity index is 1.24. The van der Waals surface area contributed by atoms with E-state index in [0.717, 1.165) is 48.4 Å². The molecule has 0 aromatic heterocycles. The van der Waals surface area contributed by atoms with Gasteiger partial charge in [-0.15, -0.1) is 0 Å². The Hall–Kier alpha value is -3.35. The van der Waals surface area contributed by atoms with Gasteiger partial charge in [0, 0.05) is 43.3 Å². The average Bonchev–Trinajstić information content (AvgIpc) is 3.32. The van der Waals surface area contributed by atoms with Crippen LogP contribution in [0.15, 0.2) is 48.5 Å². The van der Waals surface area contributed by atoms with Crippen molar-refractivity contribution in [3.63, 3.8) is 0 Å². The van der Waals surface area contributed by atoms with Crippen LogP contribution in [0.4, 0.5) is 16.2 Å². The van der Waals surface area contributed by atoms with Gasteiger partial charge in [-0.2, -0.15) is 0 Å². The number of anilines is 2. The lowest BCUT2D eigenvalue weighted by Gasteiger charge is -2.24. The number of hydrogen-bond donors (Lipinski definition) is 3. The molecular formula is C24H28N4O3. The first-order valence-electron chi connectivity index (χ1n) is 10.9. The number of nitrogens with one attached hydrogen (secondary N) is 3. The third-order valence-electron chi connectivity index (χ3n) is 5.89. The predicted molar refractivity (Wildman–Crippen MR) is 120 cm³/mol. The molecule has 7 nitrogen and oxygen atoms in total. The minimum Gasteiger partial charge on any atom is -0.352 e. The van der Waals surface area contributed by atoms with Crippen LogP contribution in [0.25, 0.3) is 0 Å². The number of fused-ring (bicyclic) bond motifs is 1. The smallest absolute Gasteiger partial charge is 0.321 e. The maximum absolute atomic E-state index is 12.3. The second-order valence-corrected chi connectivity index (χ2v) is 8.19. The summed E-state index contributed by atoms with van der Waals surface area (Å²) in [7, 11) is 0. The van der Waals surface area contributed by atoms with Crippen LogP contribution in [0.3, 0.4) is 0 Å². The van der Waals surface area contributed by atoms with Gasteiger partial charge in [0.05, 0.1) is 0 Å². The first-order valence-corrected chi connectivity index (χ1v) is 10.9. The normalized spacial score (nSPS) is 17.6. The number of benzene rings is 2. The molecule has 2 aliphatic heterocycles. The summed E-state index contributed by atoms with van der Waals surface area (Å²) in [5.41, 5.74) is 3.61. The van der Waals surface area contributed by atoms with E-state index in [4.69, 9.17) is 0 Å². The van der Waals surface area contributed by atoms with Crippen molar-refractivity contribution in [1.29, 1.82) is 0 Å². The standard InChI is InChI=1S/C24H28N4O3/c29-22(11-10-19-15-18-7-1-2-9-21(18)27-23(19)30)25-16-17-6-5-8-20(14-17)26-24(31)28-12-3-4-13-28/h1-2,5-9,14,19H,3-4,10-13,15-16H2,(H,25,29)(H,26,31)(H,27,30). The first kappa shape index (κ1) is 20.9. The lowest BCUT2D eigenvalue weighted by Crippen LogP contribution is -2.32. The van der Waals surface area contributed by atoms with Crippen LogP contribution in [-0.2, 0) is 22.6 Å². The van der Waals surface area contributed by atoms with Crippen molar-refractivity contribution in [2.45, 2.75) is 38.6 Å². The summed E-state index contributed by atoms with van der Waals surface area (Å²) in [4.78, 5) is 38.7. The van der Waals surface area contributed by atoms with Crippen molar-refractivity contribution < 1.29 is 14.4 Å². The molecule has 0 saturated carbocycles. The number of hydrogen-bond acceptors (Lipinski definition) is 3. The molecular weight excluding hydrogens is 392 g/mol. The average molecular weight is 421 g/mol. The number of amides is 4. The number of para-hydroxylation sites is 1. The van der Waals surface area contributed by atoms with Gasteiger partial charge < -0.3 is 20.9 Å². The Morgan fingerprint density at radius 2 is 1.87 bits per heavy atom. The molecule has 2 aromatic rings. The third-order valence-corrected chi connectivity index (χ3v) is 5.89. The summed E-state index contributed by atoms with van der Waals surface area (Å²) in [6, 6.07) is 15.2. The fraction of sp³-hybridized carbons (Fsp3) is 0.375. The summed E-state index contributed by atoms with van der Waals surface area (Å²) in [6.07, 6.45) is 3.57. The summed E-state index contributed by atoms with van der Waals surface area (Å²) in [6.45, 7) is 1.98. The van der Waals surface area contributed by atoms with Gasteiger partial charge in [-0.25, -0.2) is 4.79 Å². The molecule has 31 heavy (non-hydrogen) atoms. The number of carbonyl (C=O) groups is 3. The van der Waals surface area contributed by atoms with Crippen LogP contribution in [0.2, 0.25) is 0 Å². The molecule has 162 valence electrons. The molecule has 0 spiro atoms. The van der Waals surface area contributed by atoms with Gasteiger partial charge in [-0.3, -0.25) is 9.59 Å². The highest BCUT2D eigenvalue weighted by Crippen LogP contribution is 2.27. The van der Waals surface area contributed by atoms with Crippen molar-refractivity contribution in [1.82, 2.24) is 10.2 Å². The lowest BCUT2D eigenvalue weighted by atomic mass is 9.89. The molecule has 0 aliphatic carbocycles. The van der Waals surface area contributed by atoms with Gasteiger partial charge in [0.15, 0.2) is 0 Å². The van der Waals surface area contributed by atoms with Gasteiger partial charge in [0.2, 0.25) is 11.8 Å². The second-order valence-electron chi connectivity index (χ2n) is 8.19. The quantitative estimate of drug-likeness (QED) is 0.668. The molecule has 1 unspecified atom stereocenters. The van der Waals surface area contributed by atoms with Gasteiger partial charge >= 0.3 is 6.03 Å². The van der Waals surface area contributed by atoms with Crippen molar-refractivity contribution in [2.24, 2.45) is 5.92 Å². The van der Waals surface area contributed by atoms with Crippen LogP contribution < -0.4 is 16.0 Å². The lowest BCUT2D eigenvalue weighted by molar-refractivity contribution is -0.122.